The van der Waals surface area contributed by atoms with E-state index in [1.54, 1.807) is 11.3 Å². The molecule has 2 heterocycles. The van der Waals surface area contributed by atoms with Crippen LogP contribution < -0.4 is 0 Å². The van der Waals surface area contributed by atoms with Crippen LogP contribution in [0.1, 0.15) is 17.0 Å². The molecule has 12 heavy (non-hydrogen) atoms. The maximum atomic E-state index is 4.48. The topological polar surface area (TPSA) is 12.9 Å². The Morgan fingerprint density at radius 1 is 1.17 bits per heavy atom. The standard InChI is InChI=1S/C10H11NS/c1-6-7(2)11-8(3)10-9(6)4-5-12-10/h4-5H,1-3H3. The van der Waals surface area contributed by atoms with E-state index < -0.39 is 0 Å². The van der Waals surface area contributed by atoms with Gasteiger partial charge in [0, 0.05) is 5.69 Å². The Balaban J connectivity index is 2.97. The van der Waals surface area contributed by atoms with Crippen LogP contribution in [0, 0.1) is 20.8 Å². The minimum Gasteiger partial charge on any atom is -0.257 e. The zero-order valence-electron chi connectivity index (χ0n) is 7.51. The van der Waals surface area contributed by atoms with E-state index in [-0.39, 0.29) is 0 Å². The summed E-state index contributed by atoms with van der Waals surface area (Å²) in [5.74, 6) is 0. The zero-order chi connectivity index (χ0) is 8.72. The van der Waals surface area contributed by atoms with E-state index in [2.05, 4.69) is 37.2 Å². The number of fused-ring (bicyclic) bond motifs is 1. The van der Waals surface area contributed by atoms with Crippen molar-refractivity contribution in [3.8, 4) is 0 Å². The van der Waals surface area contributed by atoms with Gasteiger partial charge in [-0.15, -0.1) is 11.3 Å². The fourth-order valence-electron chi connectivity index (χ4n) is 1.47. The molecule has 2 aromatic rings. The highest BCUT2D eigenvalue weighted by molar-refractivity contribution is 7.17. The van der Waals surface area contributed by atoms with Gasteiger partial charge in [-0.25, -0.2) is 0 Å². The third-order valence-electron chi connectivity index (χ3n) is 2.28. The van der Waals surface area contributed by atoms with Gasteiger partial charge in [0.25, 0.3) is 0 Å². The molecule has 62 valence electrons. The van der Waals surface area contributed by atoms with Gasteiger partial charge in [0.2, 0.25) is 0 Å². The molecule has 0 amide bonds. The number of aryl methyl sites for hydroxylation is 3. The summed E-state index contributed by atoms with van der Waals surface area (Å²) < 4.78 is 1.33. The number of nitrogens with zero attached hydrogens (tertiary/aromatic N) is 1. The Hall–Kier alpha value is -0.890. The van der Waals surface area contributed by atoms with Gasteiger partial charge < -0.3 is 0 Å². The minimum absolute atomic E-state index is 1.15. The molecule has 2 rings (SSSR count). The first-order valence-corrected chi connectivity index (χ1v) is 4.89. The molecule has 0 aliphatic carbocycles. The highest BCUT2D eigenvalue weighted by atomic mass is 32.1. The average Bonchev–Trinajstić information content (AvgIpc) is 2.48. The summed E-state index contributed by atoms with van der Waals surface area (Å²) in [5, 5.41) is 3.50. The average molecular weight is 177 g/mol. The van der Waals surface area contributed by atoms with Gasteiger partial charge in [0.05, 0.1) is 10.4 Å². The summed E-state index contributed by atoms with van der Waals surface area (Å²) in [4.78, 5) is 4.48. The predicted octanol–water partition coefficient (Wildman–Crippen LogP) is 3.22. The van der Waals surface area contributed by atoms with E-state index in [9.17, 15) is 0 Å². The molecule has 0 saturated carbocycles. The first-order valence-electron chi connectivity index (χ1n) is 4.01. The van der Waals surface area contributed by atoms with Crippen molar-refractivity contribution in [3.05, 3.63) is 28.4 Å². The van der Waals surface area contributed by atoms with Gasteiger partial charge >= 0.3 is 0 Å². The summed E-state index contributed by atoms with van der Waals surface area (Å²) in [7, 11) is 0. The molecular formula is C10H11NS. The Bertz CT molecular complexity index is 429. The van der Waals surface area contributed by atoms with Crippen LogP contribution in [0.3, 0.4) is 0 Å². The van der Waals surface area contributed by atoms with Crippen molar-refractivity contribution in [2.45, 2.75) is 20.8 Å². The van der Waals surface area contributed by atoms with E-state index in [1.807, 2.05) is 0 Å². The van der Waals surface area contributed by atoms with Crippen LogP contribution in [0.2, 0.25) is 0 Å². The first-order chi connectivity index (χ1) is 5.70. The quantitative estimate of drug-likeness (QED) is 0.602. The molecular weight excluding hydrogens is 166 g/mol. The smallest absolute Gasteiger partial charge is 0.0558 e. The van der Waals surface area contributed by atoms with Gasteiger partial charge in [-0.1, -0.05) is 0 Å². The molecule has 1 nitrogen and oxygen atoms in total. The van der Waals surface area contributed by atoms with Gasteiger partial charge in [-0.2, -0.15) is 0 Å². The highest BCUT2D eigenvalue weighted by Crippen LogP contribution is 2.27. The van der Waals surface area contributed by atoms with Crippen LogP contribution in [0.4, 0.5) is 0 Å². The van der Waals surface area contributed by atoms with E-state index >= 15 is 0 Å². The molecule has 2 heteroatoms. The molecule has 0 aromatic carbocycles. The molecule has 0 N–H and O–H groups in total. The molecule has 0 aliphatic heterocycles. The van der Waals surface area contributed by atoms with E-state index in [4.69, 9.17) is 0 Å². The van der Waals surface area contributed by atoms with Crippen LogP contribution in [-0.2, 0) is 0 Å². The number of aromatic nitrogens is 1. The summed E-state index contributed by atoms with van der Waals surface area (Å²) in [6, 6.07) is 2.18. The number of hydrogen-bond acceptors (Lipinski definition) is 2. The second-order valence-electron chi connectivity index (χ2n) is 3.07. The fourth-order valence-corrected chi connectivity index (χ4v) is 2.37. The van der Waals surface area contributed by atoms with Gasteiger partial charge in [-0.05, 0) is 43.2 Å². The Morgan fingerprint density at radius 2 is 1.92 bits per heavy atom. The van der Waals surface area contributed by atoms with Crippen molar-refractivity contribution in [1.29, 1.82) is 0 Å². The Kier molecular flexibility index (Phi) is 1.65. The molecule has 2 aromatic heterocycles. The van der Waals surface area contributed by atoms with Crippen molar-refractivity contribution in [2.75, 3.05) is 0 Å². The first kappa shape index (κ1) is 7.74. The van der Waals surface area contributed by atoms with E-state index in [0.717, 1.165) is 11.4 Å². The van der Waals surface area contributed by atoms with Crippen molar-refractivity contribution < 1.29 is 0 Å². The summed E-state index contributed by atoms with van der Waals surface area (Å²) >= 11 is 1.77. The molecule has 0 atom stereocenters. The SMILES string of the molecule is Cc1nc(C)c2sccc2c1C. The number of pyridine rings is 1. The number of thiophene rings is 1. The second-order valence-corrected chi connectivity index (χ2v) is 3.99. The van der Waals surface area contributed by atoms with Gasteiger partial charge in [0.15, 0.2) is 0 Å². The molecule has 0 spiro atoms. The summed E-state index contributed by atoms with van der Waals surface area (Å²) in [5.41, 5.74) is 3.62. The molecule has 0 bridgehead atoms. The van der Waals surface area contributed by atoms with Crippen molar-refractivity contribution in [3.63, 3.8) is 0 Å². The molecule has 0 saturated heterocycles. The minimum atomic E-state index is 1.15. The maximum Gasteiger partial charge on any atom is 0.0558 e. The predicted molar refractivity (Wildman–Crippen MR) is 53.8 cm³/mol. The van der Waals surface area contributed by atoms with Crippen LogP contribution in [0.5, 0.6) is 0 Å². The lowest BCUT2D eigenvalue weighted by molar-refractivity contribution is 1.12. The second kappa shape index (κ2) is 2.56. The third-order valence-corrected chi connectivity index (χ3v) is 3.30. The van der Waals surface area contributed by atoms with Crippen LogP contribution in [0.25, 0.3) is 10.1 Å². The lowest BCUT2D eigenvalue weighted by Crippen LogP contribution is -1.89. The van der Waals surface area contributed by atoms with Crippen LogP contribution in [-0.4, -0.2) is 4.98 Å². The number of rotatable bonds is 0. The zero-order valence-corrected chi connectivity index (χ0v) is 8.33. The molecule has 0 unspecified atom stereocenters. The Labute approximate surface area is 76.1 Å². The van der Waals surface area contributed by atoms with Crippen LogP contribution in [0.15, 0.2) is 11.4 Å². The fraction of sp³-hybridized carbons (Fsp3) is 0.300. The monoisotopic (exact) mass is 177 g/mol. The van der Waals surface area contributed by atoms with Crippen LogP contribution >= 0.6 is 11.3 Å². The summed E-state index contributed by atoms with van der Waals surface area (Å²) in [6.07, 6.45) is 0. The lowest BCUT2D eigenvalue weighted by Gasteiger charge is -2.02. The van der Waals surface area contributed by atoms with E-state index in [0.29, 0.717) is 0 Å². The number of hydrogen-bond donors (Lipinski definition) is 0. The summed E-state index contributed by atoms with van der Waals surface area (Å²) in [6.45, 7) is 6.28. The normalized spacial score (nSPS) is 10.9. The lowest BCUT2D eigenvalue weighted by atomic mass is 10.1. The van der Waals surface area contributed by atoms with Crippen molar-refractivity contribution >= 4 is 21.4 Å². The third kappa shape index (κ3) is 0.950. The van der Waals surface area contributed by atoms with Gasteiger partial charge in [-0.3, -0.25) is 4.98 Å². The molecule has 0 aliphatic rings. The largest absolute Gasteiger partial charge is 0.257 e. The van der Waals surface area contributed by atoms with Gasteiger partial charge in [0.1, 0.15) is 0 Å². The van der Waals surface area contributed by atoms with Crippen molar-refractivity contribution in [1.82, 2.24) is 4.98 Å². The maximum absolute atomic E-state index is 4.48. The highest BCUT2D eigenvalue weighted by Gasteiger charge is 2.05. The molecule has 0 fully saturated rings. The molecule has 0 radical (unpaired) electrons. The Morgan fingerprint density at radius 3 is 2.67 bits per heavy atom. The van der Waals surface area contributed by atoms with Crippen molar-refractivity contribution in [2.24, 2.45) is 0 Å². The van der Waals surface area contributed by atoms with E-state index in [1.165, 1.54) is 15.6 Å².